The number of nitrogens with one attached hydrogen (secondary N) is 1. The van der Waals surface area contributed by atoms with Crippen molar-refractivity contribution < 1.29 is 4.79 Å². The third-order valence-corrected chi connectivity index (χ3v) is 3.77. The van der Waals surface area contributed by atoms with Gasteiger partial charge in [-0.05, 0) is 43.2 Å². The lowest BCUT2D eigenvalue weighted by Gasteiger charge is -2.07. The molecule has 1 aromatic carbocycles. The van der Waals surface area contributed by atoms with Crippen LogP contribution in [-0.4, -0.2) is 15.3 Å². The number of carbonyl (C=O) groups excluding carboxylic acids is 1. The van der Waals surface area contributed by atoms with Gasteiger partial charge in [-0.15, -0.1) is 0 Å². The van der Waals surface area contributed by atoms with E-state index < -0.39 is 0 Å². The molecule has 0 unspecified atom stereocenters. The minimum atomic E-state index is -0.134. The van der Waals surface area contributed by atoms with E-state index in [4.69, 9.17) is 11.6 Å². The monoisotopic (exact) mass is 313 g/mol. The molecule has 0 radical (unpaired) electrons. The third-order valence-electron chi connectivity index (χ3n) is 3.52. The first kappa shape index (κ1) is 14.6. The van der Waals surface area contributed by atoms with E-state index >= 15 is 0 Å². The summed E-state index contributed by atoms with van der Waals surface area (Å²) in [6.07, 6.45) is 1.92. The van der Waals surface area contributed by atoms with Gasteiger partial charge in [-0.1, -0.05) is 29.8 Å². The third kappa shape index (κ3) is 2.83. The first-order valence-electron chi connectivity index (χ1n) is 7.02. The molecule has 0 bridgehead atoms. The van der Waals surface area contributed by atoms with Crippen LogP contribution in [0.3, 0.4) is 0 Å². The zero-order valence-electron chi connectivity index (χ0n) is 12.4. The van der Waals surface area contributed by atoms with Gasteiger partial charge in [-0.3, -0.25) is 9.20 Å². The molecular weight excluding hydrogens is 298 g/mol. The fraction of sp³-hybridized carbons (Fsp3) is 0.176. The van der Waals surface area contributed by atoms with Crippen molar-refractivity contribution in [2.75, 3.05) is 0 Å². The molecular formula is C17H16ClN3O. The second kappa shape index (κ2) is 5.81. The summed E-state index contributed by atoms with van der Waals surface area (Å²) in [7, 11) is 0. The van der Waals surface area contributed by atoms with E-state index in [0.717, 1.165) is 22.5 Å². The molecule has 3 aromatic rings. The smallest absolute Gasteiger partial charge is 0.270 e. The van der Waals surface area contributed by atoms with Gasteiger partial charge < -0.3 is 5.32 Å². The van der Waals surface area contributed by atoms with E-state index in [2.05, 4.69) is 10.3 Å². The van der Waals surface area contributed by atoms with Gasteiger partial charge in [-0.2, -0.15) is 0 Å². The zero-order chi connectivity index (χ0) is 15.7. The van der Waals surface area contributed by atoms with Crippen LogP contribution >= 0.6 is 11.6 Å². The number of aromatic nitrogens is 2. The maximum absolute atomic E-state index is 12.5. The molecule has 5 heteroatoms. The van der Waals surface area contributed by atoms with Gasteiger partial charge >= 0.3 is 0 Å². The number of rotatable bonds is 3. The van der Waals surface area contributed by atoms with E-state index in [0.29, 0.717) is 17.3 Å². The van der Waals surface area contributed by atoms with Gasteiger partial charge in [-0.25, -0.2) is 4.98 Å². The van der Waals surface area contributed by atoms with Crippen molar-refractivity contribution in [3.63, 3.8) is 0 Å². The van der Waals surface area contributed by atoms with Crippen LogP contribution in [0.5, 0.6) is 0 Å². The van der Waals surface area contributed by atoms with Crippen LogP contribution in [0.1, 0.15) is 27.3 Å². The molecule has 0 saturated carbocycles. The molecule has 0 aliphatic heterocycles. The van der Waals surface area contributed by atoms with Crippen molar-refractivity contribution in [3.05, 3.63) is 70.1 Å². The number of imidazole rings is 1. The van der Waals surface area contributed by atoms with Crippen LogP contribution in [0, 0.1) is 13.8 Å². The summed E-state index contributed by atoms with van der Waals surface area (Å²) >= 11 is 5.86. The Hall–Kier alpha value is -2.33. The van der Waals surface area contributed by atoms with Crippen molar-refractivity contribution in [1.29, 1.82) is 0 Å². The Morgan fingerprint density at radius 2 is 1.91 bits per heavy atom. The van der Waals surface area contributed by atoms with E-state index in [1.807, 2.05) is 60.8 Å². The van der Waals surface area contributed by atoms with Crippen molar-refractivity contribution >= 4 is 23.2 Å². The fourth-order valence-corrected chi connectivity index (χ4v) is 2.54. The number of benzene rings is 1. The molecule has 2 aromatic heterocycles. The quantitative estimate of drug-likeness (QED) is 0.804. The van der Waals surface area contributed by atoms with E-state index in [1.165, 1.54) is 0 Å². The number of hydrogen-bond acceptors (Lipinski definition) is 2. The van der Waals surface area contributed by atoms with Crippen molar-refractivity contribution in [3.8, 4) is 0 Å². The number of aryl methyl sites for hydroxylation is 2. The molecule has 2 heterocycles. The normalized spacial score (nSPS) is 10.9. The first-order valence-corrected chi connectivity index (χ1v) is 7.40. The minimum absolute atomic E-state index is 0.134. The minimum Gasteiger partial charge on any atom is -0.347 e. The summed E-state index contributed by atoms with van der Waals surface area (Å²) in [5.41, 5.74) is 4.16. The standard InChI is InChI=1S/C17H16ClN3O/c1-11-3-8-15-20-12(2)16(21(15)10-11)17(22)19-9-13-4-6-14(18)7-5-13/h3-8,10H,9H2,1-2H3,(H,19,22). The topological polar surface area (TPSA) is 46.4 Å². The fourth-order valence-electron chi connectivity index (χ4n) is 2.41. The van der Waals surface area contributed by atoms with Gasteiger partial charge in [0.1, 0.15) is 11.3 Å². The Bertz CT molecular complexity index is 837. The zero-order valence-corrected chi connectivity index (χ0v) is 13.2. The van der Waals surface area contributed by atoms with Gasteiger partial charge in [0.2, 0.25) is 0 Å². The lowest BCUT2D eigenvalue weighted by molar-refractivity contribution is 0.0944. The highest BCUT2D eigenvalue weighted by molar-refractivity contribution is 6.30. The van der Waals surface area contributed by atoms with Crippen LogP contribution in [-0.2, 0) is 6.54 Å². The predicted molar refractivity (Wildman–Crippen MR) is 87.3 cm³/mol. The lowest BCUT2D eigenvalue weighted by Crippen LogP contribution is -2.25. The largest absolute Gasteiger partial charge is 0.347 e. The number of pyridine rings is 1. The second-order valence-electron chi connectivity index (χ2n) is 5.29. The molecule has 0 spiro atoms. The summed E-state index contributed by atoms with van der Waals surface area (Å²) in [5.74, 6) is -0.134. The maximum atomic E-state index is 12.5. The van der Waals surface area contributed by atoms with Crippen LogP contribution in [0.25, 0.3) is 5.65 Å². The summed E-state index contributed by atoms with van der Waals surface area (Å²) in [4.78, 5) is 16.9. The highest BCUT2D eigenvalue weighted by atomic mass is 35.5. The number of halogens is 1. The summed E-state index contributed by atoms with van der Waals surface area (Å²) in [6.45, 7) is 4.29. The predicted octanol–water partition coefficient (Wildman–Crippen LogP) is 3.53. The number of amides is 1. The molecule has 0 aliphatic rings. The van der Waals surface area contributed by atoms with Gasteiger partial charge in [0.05, 0.1) is 5.69 Å². The number of carbonyl (C=O) groups is 1. The molecule has 1 N–H and O–H groups in total. The van der Waals surface area contributed by atoms with Crippen LogP contribution in [0.4, 0.5) is 0 Å². The van der Waals surface area contributed by atoms with Crippen LogP contribution in [0.2, 0.25) is 5.02 Å². The average molecular weight is 314 g/mol. The van der Waals surface area contributed by atoms with Crippen molar-refractivity contribution in [2.45, 2.75) is 20.4 Å². The van der Waals surface area contributed by atoms with E-state index in [9.17, 15) is 4.79 Å². The van der Waals surface area contributed by atoms with E-state index in [-0.39, 0.29) is 5.91 Å². The summed E-state index contributed by atoms with van der Waals surface area (Å²) < 4.78 is 1.84. The molecule has 112 valence electrons. The highest BCUT2D eigenvalue weighted by Gasteiger charge is 2.16. The second-order valence-corrected chi connectivity index (χ2v) is 5.73. The Morgan fingerprint density at radius 3 is 2.64 bits per heavy atom. The van der Waals surface area contributed by atoms with Gasteiger partial charge in [0, 0.05) is 17.8 Å². The maximum Gasteiger partial charge on any atom is 0.270 e. The summed E-state index contributed by atoms with van der Waals surface area (Å²) in [5, 5.41) is 3.61. The van der Waals surface area contributed by atoms with Crippen molar-refractivity contribution in [2.24, 2.45) is 0 Å². The number of fused-ring (bicyclic) bond motifs is 1. The molecule has 3 rings (SSSR count). The summed E-state index contributed by atoms with van der Waals surface area (Å²) in [6, 6.07) is 11.3. The number of nitrogens with zero attached hydrogens (tertiary/aromatic N) is 2. The SMILES string of the molecule is Cc1ccc2nc(C)c(C(=O)NCc3ccc(Cl)cc3)n2c1. The Labute approximate surface area is 133 Å². The molecule has 0 atom stereocenters. The van der Waals surface area contributed by atoms with Gasteiger partial charge in [0.25, 0.3) is 5.91 Å². The number of hydrogen-bond donors (Lipinski definition) is 1. The molecule has 1 amide bonds. The molecule has 0 saturated heterocycles. The Kier molecular flexibility index (Phi) is 3.86. The Morgan fingerprint density at radius 1 is 1.18 bits per heavy atom. The van der Waals surface area contributed by atoms with Crippen molar-refractivity contribution in [1.82, 2.24) is 14.7 Å². The highest BCUT2D eigenvalue weighted by Crippen LogP contribution is 2.14. The molecule has 4 nitrogen and oxygen atoms in total. The van der Waals surface area contributed by atoms with Gasteiger partial charge in [0.15, 0.2) is 0 Å². The van der Waals surface area contributed by atoms with Crippen LogP contribution in [0.15, 0.2) is 42.6 Å². The molecule has 0 fully saturated rings. The first-order chi connectivity index (χ1) is 10.5. The van der Waals surface area contributed by atoms with E-state index in [1.54, 1.807) is 0 Å². The average Bonchev–Trinajstić information content (AvgIpc) is 2.81. The van der Waals surface area contributed by atoms with Crippen LogP contribution < -0.4 is 5.32 Å². The molecule has 0 aliphatic carbocycles. The Balaban J connectivity index is 1.84. The lowest BCUT2D eigenvalue weighted by atomic mass is 10.2. The molecule has 22 heavy (non-hydrogen) atoms.